The number of carbonyl (C=O) groups excluding carboxylic acids is 1. The molecular formula is C14H17N3O. The monoisotopic (exact) mass is 243 g/mol. The molecule has 4 nitrogen and oxygen atoms in total. The molecule has 4 heteroatoms. The topological polar surface area (TPSA) is 46.4 Å². The Kier molecular flexibility index (Phi) is 3.46. The standard InChI is InChI=1S/C14H17N3O/c1-10(2)14-13(12(18)7-8-15-3)11-6-4-5-9-17(11)16-14/h4-10,15H,1-3H3. The van der Waals surface area contributed by atoms with E-state index < -0.39 is 0 Å². The van der Waals surface area contributed by atoms with Gasteiger partial charge in [-0.3, -0.25) is 4.79 Å². The summed E-state index contributed by atoms with van der Waals surface area (Å²) in [6, 6.07) is 5.74. The quantitative estimate of drug-likeness (QED) is 0.662. The van der Waals surface area contributed by atoms with E-state index in [4.69, 9.17) is 0 Å². The minimum Gasteiger partial charge on any atom is -0.394 e. The second-order valence-corrected chi connectivity index (χ2v) is 4.43. The minimum absolute atomic E-state index is 0.0192. The lowest BCUT2D eigenvalue weighted by Gasteiger charge is -2.02. The van der Waals surface area contributed by atoms with Crippen molar-refractivity contribution in [1.82, 2.24) is 14.9 Å². The molecule has 0 bridgehead atoms. The first-order valence-electron chi connectivity index (χ1n) is 6.00. The summed E-state index contributed by atoms with van der Waals surface area (Å²) < 4.78 is 1.76. The molecule has 0 aliphatic rings. The van der Waals surface area contributed by atoms with Crippen LogP contribution in [0.15, 0.2) is 36.7 Å². The smallest absolute Gasteiger partial charge is 0.191 e. The molecule has 2 rings (SSSR count). The Morgan fingerprint density at radius 1 is 1.44 bits per heavy atom. The number of ketones is 1. The highest BCUT2D eigenvalue weighted by molar-refractivity contribution is 6.10. The van der Waals surface area contributed by atoms with Gasteiger partial charge >= 0.3 is 0 Å². The molecule has 0 amide bonds. The number of fused-ring (bicyclic) bond motifs is 1. The number of aromatic nitrogens is 2. The van der Waals surface area contributed by atoms with E-state index >= 15 is 0 Å². The van der Waals surface area contributed by atoms with E-state index in [2.05, 4.69) is 10.4 Å². The molecule has 0 saturated heterocycles. The average molecular weight is 243 g/mol. The Morgan fingerprint density at radius 2 is 2.22 bits per heavy atom. The van der Waals surface area contributed by atoms with Crippen LogP contribution in [0.5, 0.6) is 0 Å². The fourth-order valence-corrected chi connectivity index (χ4v) is 1.92. The molecule has 94 valence electrons. The Balaban J connectivity index is 2.62. The van der Waals surface area contributed by atoms with Gasteiger partial charge in [-0.05, 0) is 18.1 Å². The second kappa shape index (κ2) is 5.04. The second-order valence-electron chi connectivity index (χ2n) is 4.43. The Hall–Kier alpha value is -2.10. The first-order valence-corrected chi connectivity index (χ1v) is 6.00. The van der Waals surface area contributed by atoms with Gasteiger partial charge < -0.3 is 5.32 Å². The number of hydrogen-bond acceptors (Lipinski definition) is 3. The van der Waals surface area contributed by atoms with Crippen LogP contribution in [-0.4, -0.2) is 22.4 Å². The number of carbonyl (C=O) groups is 1. The molecule has 0 fully saturated rings. The molecule has 0 atom stereocenters. The van der Waals surface area contributed by atoms with Gasteiger partial charge in [0, 0.05) is 25.5 Å². The fraction of sp³-hybridized carbons (Fsp3) is 0.286. The van der Waals surface area contributed by atoms with Gasteiger partial charge in [-0.15, -0.1) is 0 Å². The molecule has 0 radical (unpaired) electrons. The summed E-state index contributed by atoms with van der Waals surface area (Å²) in [5.74, 6) is 0.195. The molecule has 0 aromatic carbocycles. The zero-order valence-corrected chi connectivity index (χ0v) is 10.8. The predicted octanol–water partition coefficient (Wildman–Crippen LogP) is 2.37. The van der Waals surface area contributed by atoms with Crippen molar-refractivity contribution < 1.29 is 4.79 Å². The third kappa shape index (κ3) is 2.14. The van der Waals surface area contributed by atoms with Gasteiger partial charge in [0.1, 0.15) is 0 Å². The van der Waals surface area contributed by atoms with Crippen LogP contribution >= 0.6 is 0 Å². The highest BCUT2D eigenvalue weighted by atomic mass is 16.1. The van der Waals surface area contributed by atoms with Crippen LogP contribution in [0, 0.1) is 0 Å². The number of rotatable bonds is 4. The van der Waals surface area contributed by atoms with Crippen molar-refractivity contribution in [1.29, 1.82) is 0 Å². The van der Waals surface area contributed by atoms with Crippen molar-refractivity contribution in [3.8, 4) is 0 Å². The van der Waals surface area contributed by atoms with Crippen LogP contribution in [0.4, 0.5) is 0 Å². The molecular weight excluding hydrogens is 226 g/mol. The number of pyridine rings is 1. The molecule has 1 N–H and O–H groups in total. The molecule has 0 aliphatic heterocycles. The van der Waals surface area contributed by atoms with E-state index in [9.17, 15) is 4.79 Å². The summed E-state index contributed by atoms with van der Waals surface area (Å²) in [6.07, 6.45) is 5.04. The normalized spacial score (nSPS) is 11.6. The Morgan fingerprint density at radius 3 is 2.89 bits per heavy atom. The van der Waals surface area contributed by atoms with E-state index in [1.807, 2.05) is 38.2 Å². The van der Waals surface area contributed by atoms with Crippen LogP contribution in [0.25, 0.3) is 5.52 Å². The SMILES string of the molecule is CNC=CC(=O)c1c(C(C)C)nn2ccccc12. The Labute approximate surface area is 106 Å². The van der Waals surface area contributed by atoms with Crippen LogP contribution in [0.2, 0.25) is 0 Å². The first kappa shape index (κ1) is 12.4. The third-order valence-electron chi connectivity index (χ3n) is 2.76. The van der Waals surface area contributed by atoms with Crippen LogP contribution in [-0.2, 0) is 0 Å². The van der Waals surface area contributed by atoms with Gasteiger partial charge in [0.15, 0.2) is 5.78 Å². The predicted molar refractivity (Wildman–Crippen MR) is 71.8 cm³/mol. The van der Waals surface area contributed by atoms with Crippen molar-refractivity contribution in [2.75, 3.05) is 7.05 Å². The summed E-state index contributed by atoms with van der Waals surface area (Å²) in [5.41, 5.74) is 2.39. The van der Waals surface area contributed by atoms with Crippen LogP contribution in [0.3, 0.4) is 0 Å². The average Bonchev–Trinajstić information content (AvgIpc) is 2.75. The van der Waals surface area contributed by atoms with Gasteiger partial charge in [0.25, 0.3) is 0 Å². The number of nitrogens with zero attached hydrogens (tertiary/aromatic N) is 2. The third-order valence-corrected chi connectivity index (χ3v) is 2.76. The lowest BCUT2D eigenvalue weighted by atomic mass is 10.0. The van der Waals surface area contributed by atoms with Crippen molar-refractivity contribution in [2.24, 2.45) is 0 Å². The number of hydrogen-bond donors (Lipinski definition) is 1. The van der Waals surface area contributed by atoms with E-state index in [0.29, 0.717) is 5.56 Å². The van der Waals surface area contributed by atoms with E-state index in [1.54, 1.807) is 17.8 Å². The van der Waals surface area contributed by atoms with Gasteiger partial charge in [-0.25, -0.2) is 4.52 Å². The molecule has 0 unspecified atom stereocenters. The molecule has 2 aromatic heterocycles. The molecule has 0 saturated carbocycles. The molecule has 0 spiro atoms. The zero-order chi connectivity index (χ0) is 13.1. The minimum atomic E-state index is -0.0192. The largest absolute Gasteiger partial charge is 0.394 e. The highest BCUT2D eigenvalue weighted by Gasteiger charge is 2.19. The van der Waals surface area contributed by atoms with Gasteiger partial charge in [0.2, 0.25) is 0 Å². The van der Waals surface area contributed by atoms with Crippen molar-refractivity contribution in [3.05, 3.63) is 47.9 Å². The maximum absolute atomic E-state index is 12.2. The van der Waals surface area contributed by atoms with Gasteiger partial charge in [0.05, 0.1) is 16.8 Å². The Bertz CT molecular complexity index is 596. The van der Waals surface area contributed by atoms with E-state index in [0.717, 1.165) is 11.2 Å². The summed E-state index contributed by atoms with van der Waals surface area (Å²) >= 11 is 0. The van der Waals surface area contributed by atoms with Crippen LogP contribution < -0.4 is 5.32 Å². The van der Waals surface area contributed by atoms with Crippen molar-refractivity contribution >= 4 is 11.3 Å². The summed E-state index contributed by atoms with van der Waals surface area (Å²) in [4.78, 5) is 12.2. The zero-order valence-electron chi connectivity index (χ0n) is 10.8. The lowest BCUT2D eigenvalue weighted by molar-refractivity contribution is 0.104. The summed E-state index contributed by atoms with van der Waals surface area (Å²) in [5, 5.41) is 7.31. The molecule has 0 aliphatic carbocycles. The van der Waals surface area contributed by atoms with E-state index in [1.165, 1.54) is 6.08 Å². The van der Waals surface area contributed by atoms with Gasteiger partial charge in [-0.1, -0.05) is 19.9 Å². The molecule has 2 heterocycles. The van der Waals surface area contributed by atoms with Crippen molar-refractivity contribution in [3.63, 3.8) is 0 Å². The van der Waals surface area contributed by atoms with Crippen LogP contribution in [0.1, 0.15) is 35.8 Å². The highest BCUT2D eigenvalue weighted by Crippen LogP contribution is 2.23. The first-order chi connectivity index (χ1) is 8.65. The molecule has 18 heavy (non-hydrogen) atoms. The van der Waals surface area contributed by atoms with E-state index in [-0.39, 0.29) is 11.7 Å². The summed E-state index contributed by atoms with van der Waals surface area (Å²) in [6.45, 7) is 4.08. The number of allylic oxidation sites excluding steroid dienone is 1. The van der Waals surface area contributed by atoms with Gasteiger partial charge in [-0.2, -0.15) is 5.10 Å². The molecule has 2 aromatic rings. The number of nitrogens with one attached hydrogen (secondary N) is 1. The van der Waals surface area contributed by atoms with Crippen molar-refractivity contribution in [2.45, 2.75) is 19.8 Å². The fourth-order valence-electron chi connectivity index (χ4n) is 1.92. The lowest BCUT2D eigenvalue weighted by Crippen LogP contribution is -2.02. The summed E-state index contributed by atoms with van der Waals surface area (Å²) in [7, 11) is 1.77. The maximum atomic E-state index is 12.2. The maximum Gasteiger partial charge on any atom is 0.191 e.